The molecule has 0 aliphatic heterocycles. The van der Waals surface area contributed by atoms with E-state index in [9.17, 15) is 19.2 Å². The number of hydrogen-bond donors (Lipinski definition) is 3. The molecular weight excluding hydrogens is 422 g/mol. The maximum atomic E-state index is 12.6. The van der Waals surface area contributed by atoms with Gasteiger partial charge in [0.2, 0.25) is 0 Å². The minimum Gasteiger partial charge on any atom is -0.455 e. The first-order chi connectivity index (χ1) is 16.0. The van der Waals surface area contributed by atoms with Crippen molar-refractivity contribution in [1.29, 1.82) is 0 Å². The molecule has 3 amide bonds. The van der Waals surface area contributed by atoms with Gasteiger partial charge in [-0.05, 0) is 29.8 Å². The monoisotopic (exact) mass is 445 g/mol. The summed E-state index contributed by atoms with van der Waals surface area (Å²) in [4.78, 5) is 48.8. The third kappa shape index (κ3) is 7.32. The van der Waals surface area contributed by atoms with Gasteiger partial charge in [0, 0.05) is 11.1 Å². The molecule has 3 aromatic carbocycles. The van der Waals surface area contributed by atoms with Crippen LogP contribution in [0, 0.1) is 0 Å². The van der Waals surface area contributed by atoms with Crippen molar-refractivity contribution in [3.8, 4) is 0 Å². The molecular formula is C25H23N3O5. The van der Waals surface area contributed by atoms with Gasteiger partial charge < -0.3 is 10.1 Å². The average Bonchev–Trinajstić information content (AvgIpc) is 2.87. The van der Waals surface area contributed by atoms with Crippen LogP contribution < -0.4 is 16.2 Å². The first-order valence-corrected chi connectivity index (χ1v) is 10.2. The maximum absolute atomic E-state index is 12.6. The predicted octanol–water partition coefficient (Wildman–Crippen LogP) is 2.55. The molecule has 1 unspecified atom stereocenters. The predicted molar refractivity (Wildman–Crippen MR) is 121 cm³/mol. The molecule has 3 N–H and O–H groups in total. The zero-order valence-electron chi connectivity index (χ0n) is 17.7. The molecule has 0 bridgehead atoms. The van der Waals surface area contributed by atoms with Gasteiger partial charge in [-0.15, -0.1) is 0 Å². The van der Waals surface area contributed by atoms with Crippen molar-refractivity contribution in [3.05, 3.63) is 108 Å². The second kappa shape index (κ2) is 11.8. The van der Waals surface area contributed by atoms with Gasteiger partial charge in [-0.2, -0.15) is 0 Å². The Morgan fingerprint density at radius 1 is 0.667 bits per heavy atom. The zero-order valence-corrected chi connectivity index (χ0v) is 17.7. The third-order valence-corrected chi connectivity index (χ3v) is 4.63. The van der Waals surface area contributed by atoms with E-state index in [1.165, 1.54) is 0 Å². The summed E-state index contributed by atoms with van der Waals surface area (Å²) in [6.45, 7) is -0.581. The molecule has 0 aliphatic carbocycles. The van der Waals surface area contributed by atoms with Gasteiger partial charge >= 0.3 is 5.97 Å². The van der Waals surface area contributed by atoms with Gasteiger partial charge in [0.05, 0.1) is 12.5 Å². The van der Waals surface area contributed by atoms with Crippen LogP contribution in [-0.2, 0) is 14.3 Å². The highest BCUT2D eigenvalue weighted by Gasteiger charge is 2.20. The van der Waals surface area contributed by atoms with E-state index < -0.39 is 30.4 Å². The number of esters is 1. The number of nitrogens with one attached hydrogen (secondary N) is 3. The molecule has 0 saturated carbocycles. The lowest BCUT2D eigenvalue weighted by Crippen LogP contribution is -2.43. The molecule has 33 heavy (non-hydrogen) atoms. The number of carbonyl (C=O) groups is 4. The minimum absolute atomic E-state index is 0.174. The van der Waals surface area contributed by atoms with Crippen LogP contribution in [0.4, 0.5) is 0 Å². The number of amides is 3. The smallest absolute Gasteiger partial charge is 0.308 e. The molecule has 168 valence electrons. The van der Waals surface area contributed by atoms with Crippen molar-refractivity contribution in [3.63, 3.8) is 0 Å². The molecule has 1 atom stereocenters. The number of hydrazine groups is 1. The summed E-state index contributed by atoms with van der Waals surface area (Å²) in [5.74, 6) is -2.21. The van der Waals surface area contributed by atoms with Crippen molar-refractivity contribution >= 4 is 23.7 Å². The quantitative estimate of drug-likeness (QED) is 0.364. The molecule has 0 heterocycles. The number of carbonyl (C=O) groups excluding carboxylic acids is 4. The Bertz CT molecular complexity index is 1090. The number of hydrogen-bond acceptors (Lipinski definition) is 5. The van der Waals surface area contributed by atoms with E-state index in [4.69, 9.17) is 4.74 Å². The Balaban J connectivity index is 1.52. The zero-order chi connectivity index (χ0) is 23.5. The summed E-state index contributed by atoms with van der Waals surface area (Å²) in [7, 11) is 0. The fourth-order valence-electron chi connectivity index (χ4n) is 2.96. The van der Waals surface area contributed by atoms with E-state index >= 15 is 0 Å². The van der Waals surface area contributed by atoms with Crippen LogP contribution in [0.25, 0.3) is 0 Å². The number of ether oxygens (including phenoxy) is 1. The lowest BCUT2D eigenvalue weighted by molar-refractivity contribution is -0.149. The van der Waals surface area contributed by atoms with Crippen LogP contribution in [-0.4, -0.2) is 30.3 Å². The molecule has 0 spiro atoms. The van der Waals surface area contributed by atoms with Crippen molar-refractivity contribution < 1.29 is 23.9 Å². The summed E-state index contributed by atoms with van der Waals surface area (Å²) < 4.78 is 5.03. The summed E-state index contributed by atoms with van der Waals surface area (Å²) >= 11 is 0. The second-order valence-electron chi connectivity index (χ2n) is 7.04. The fourth-order valence-corrected chi connectivity index (χ4v) is 2.96. The fraction of sp³-hybridized carbons (Fsp3) is 0.120. The minimum atomic E-state index is -0.697. The van der Waals surface area contributed by atoms with Gasteiger partial charge in [-0.3, -0.25) is 30.0 Å². The SMILES string of the molecule is O=C(COC(=O)CC(NC(=O)c1ccccc1)c1ccccc1)NNC(=O)c1ccccc1. The van der Waals surface area contributed by atoms with E-state index in [0.717, 1.165) is 5.56 Å². The largest absolute Gasteiger partial charge is 0.455 e. The lowest BCUT2D eigenvalue weighted by atomic mass is 10.0. The molecule has 0 aromatic heterocycles. The Morgan fingerprint density at radius 3 is 1.76 bits per heavy atom. The van der Waals surface area contributed by atoms with Crippen LogP contribution >= 0.6 is 0 Å². The van der Waals surface area contributed by atoms with E-state index in [1.807, 2.05) is 6.07 Å². The van der Waals surface area contributed by atoms with Crippen LogP contribution in [0.15, 0.2) is 91.0 Å². The van der Waals surface area contributed by atoms with Gasteiger partial charge in [-0.25, -0.2) is 0 Å². The summed E-state index contributed by atoms with van der Waals surface area (Å²) in [5, 5.41) is 2.83. The molecule has 8 nitrogen and oxygen atoms in total. The molecule has 3 rings (SSSR count). The Labute approximate surface area is 190 Å². The maximum Gasteiger partial charge on any atom is 0.308 e. The third-order valence-electron chi connectivity index (χ3n) is 4.63. The number of rotatable bonds is 8. The van der Waals surface area contributed by atoms with Crippen molar-refractivity contribution in [2.75, 3.05) is 6.61 Å². The molecule has 3 aromatic rings. The highest BCUT2D eigenvalue weighted by molar-refractivity contribution is 5.96. The molecule has 0 aliphatic rings. The van der Waals surface area contributed by atoms with Crippen LogP contribution in [0.5, 0.6) is 0 Å². The second-order valence-corrected chi connectivity index (χ2v) is 7.04. The Morgan fingerprint density at radius 2 is 1.18 bits per heavy atom. The van der Waals surface area contributed by atoms with E-state index in [2.05, 4.69) is 16.2 Å². The van der Waals surface area contributed by atoms with E-state index in [-0.39, 0.29) is 12.3 Å². The summed E-state index contributed by atoms with van der Waals surface area (Å²) in [6, 6.07) is 25.3. The van der Waals surface area contributed by atoms with E-state index in [0.29, 0.717) is 11.1 Å². The van der Waals surface area contributed by atoms with Gasteiger partial charge in [0.25, 0.3) is 17.7 Å². The molecule has 0 radical (unpaired) electrons. The van der Waals surface area contributed by atoms with Crippen molar-refractivity contribution in [1.82, 2.24) is 16.2 Å². The average molecular weight is 445 g/mol. The lowest BCUT2D eigenvalue weighted by Gasteiger charge is -2.19. The molecule has 0 fully saturated rings. The summed E-state index contributed by atoms with van der Waals surface area (Å²) in [5.41, 5.74) is 5.99. The summed E-state index contributed by atoms with van der Waals surface area (Å²) in [6.07, 6.45) is -0.174. The highest BCUT2D eigenvalue weighted by atomic mass is 16.5. The number of benzene rings is 3. The Kier molecular flexibility index (Phi) is 8.30. The molecule has 0 saturated heterocycles. The normalized spacial score (nSPS) is 11.0. The first kappa shape index (κ1) is 23.2. The van der Waals surface area contributed by atoms with Gasteiger partial charge in [0.1, 0.15) is 0 Å². The van der Waals surface area contributed by atoms with Crippen LogP contribution in [0.2, 0.25) is 0 Å². The highest BCUT2D eigenvalue weighted by Crippen LogP contribution is 2.18. The van der Waals surface area contributed by atoms with Crippen LogP contribution in [0.1, 0.15) is 38.7 Å². The van der Waals surface area contributed by atoms with Crippen LogP contribution in [0.3, 0.4) is 0 Å². The Hall–Kier alpha value is -4.46. The molecule has 8 heteroatoms. The van der Waals surface area contributed by atoms with Gasteiger partial charge in [0.15, 0.2) is 6.61 Å². The standard InChI is InChI=1S/C25H23N3O5/c29-22(27-28-25(32)20-14-8-3-9-15-20)17-33-23(30)16-21(18-10-4-1-5-11-18)26-24(31)19-12-6-2-7-13-19/h1-15,21H,16-17H2,(H,26,31)(H,27,29)(H,28,32). The van der Waals surface area contributed by atoms with Gasteiger partial charge in [-0.1, -0.05) is 66.7 Å². The van der Waals surface area contributed by atoms with Crippen molar-refractivity contribution in [2.45, 2.75) is 12.5 Å². The van der Waals surface area contributed by atoms with E-state index in [1.54, 1.807) is 84.9 Å². The topological polar surface area (TPSA) is 114 Å². The van der Waals surface area contributed by atoms with Crippen molar-refractivity contribution in [2.24, 2.45) is 0 Å². The first-order valence-electron chi connectivity index (χ1n) is 10.2.